The molecule has 1 N–H and O–H groups in total. The predicted octanol–water partition coefficient (Wildman–Crippen LogP) is 3.53. The van der Waals surface area contributed by atoms with Gasteiger partial charge in [0.05, 0.1) is 9.95 Å². The van der Waals surface area contributed by atoms with Crippen LogP contribution in [0.25, 0.3) is 0 Å². The third kappa shape index (κ3) is 3.14. The Morgan fingerprint density at radius 3 is 2.58 bits per heavy atom. The lowest BCUT2D eigenvalue weighted by Gasteiger charge is -2.09. The summed E-state index contributed by atoms with van der Waals surface area (Å²) in [4.78, 5) is 10.2. The first-order valence-electron chi connectivity index (χ1n) is 5.41. The summed E-state index contributed by atoms with van der Waals surface area (Å²) in [7, 11) is 0. The minimum Gasteiger partial charge on any atom is -0.504 e. The molecule has 0 atom stereocenters. The van der Waals surface area contributed by atoms with Crippen LogP contribution < -0.4 is 4.74 Å². The van der Waals surface area contributed by atoms with Gasteiger partial charge in [0.2, 0.25) is 5.75 Å². The van der Waals surface area contributed by atoms with Gasteiger partial charge in [-0.2, -0.15) is 0 Å². The van der Waals surface area contributed by atoms with E-state index in [-0.39, 0.29) is 28.8 Å². The number of nitro benzene ring substituents is 1. The first-order valence-corrected chi connectivity index (χ1v) is 5.79. The Morgan fingerprint density at radius 2 is 1.95 bits per heavy atom. The molecule has 0 fully saturated rings. The molecule has 0 unspecified atom stereocenters. The summed E-state index contributed by atoms with van der Waals surface area (Å²) in [6.07, 6.45) is 0. The minimum absolute atomic E-state index is 0.0799. The lowest BCUT2D eigenvalue weighted by atomic mass is 10.2. The molecule has 2 rings (SSSR count). The summed E-state index contributed by atoms with van der Waals surface area (Å²) in [6, 6.07) is 11.5. The second-order valence-corrected chi connectivity index (χ2v) is 4.24. The van der Waals surface area contributed by atoms with Crippen molar-refractivity contribution in [3.05, 3.63) is 63.2 Å². The monoisotopic (exact) mass is 279 g/mol. The highest BCUT2D eigenvalue weighted by Gasteiger charge is 2.21. The van der Waals surface area contributed by atoms with Gasteiger partial charge in [0.1, 0.15) is 6.61 Å². The first kappa shape index (κ1) is 13.2. The Labute approximate surface area is 114 Å². The fourth-order valence-corrected chi connectivity index (χ4v) is 1.79. The SMILES string of the molecule is O=[N+]([O-])c1cc(Cl)cc(O)c1OCc1ccccc1. The Morgan fingerprint density at radius 1 is 1.26 bits per heavy atom. The van der Waals surface area contributed by atoms with E-state index in [4.69, 9.17) is 16.3 Å². The van der Waals surface area contributed by atoms with Crippen LogP contribution in [0.2, 0.25) is 5.02 Å². The normalized spacial score (nSPS) is 10.2. The van der Waals surface area contributed by atoms with Gasteiger partial charge in [-0.15, -0.1) is 0 Å². The second kappa shape index (κ2) is 5.58. The van der Waals surface area contributed by atoms with E-state index in [0.717, 1.165) is 11.6 Å². The standard InChI is InChI=1S/C13H10ClNO4/c14-10-6-11(15(17)18)13(12(16)7-10)19-8-9-4-2-1-3-5-9/h1-7,16H,8H2. The number of phenols is 1. The smallest absolute Gasteiger partial charge is 0.316 e. The molecule has 0 heterocycles. The van der Waals surface area contributed by atoms with Crippen molar-refractivity contribution in [3.8, 4) is 11.5 Å². The molecule has 0 aliphatic carbocycles. The molecule has 0 aliphatic rings. The Balaban J connectivity index is 2.27. The van der Waals surface area contributed by atoms with E-state index in [1.54, 1.807) is 0 Å². The number of hydrogen-bond donors (Lipinski definition) is 1. The molecular formula is C13H10ClNO4. The molecule has 0 amide bonds. The largest absolute Gasteiger partial charge is 0.504 e. The number of phenolic OH excluding ortho intramolecular Hbond substituents is 1. The van der Waals surface area contributed by atoms with Gasteiger partial charge in [-0.05, 0) is 5.56 Å². The van der Waals surface area contributed by atoms with Crippen molar-refractivity contribution < 1.29 is 14.8 Å². The van der Waals surface area contributed by atoms with Gasteiger partial charge in [0.25, 0.3) is 0 Å². The van der Waals surface area contributed by atoms with E-state index in [2.05, 4.69) is 0 Å². The highest BCUT2D eigenvalue weighted by Crippen LogP contribution is 2.39. The third-order valence-corrected chi connectivity index (χ3v) is 2.66. The van der Waals surface area contributed by atoms with Gasteiger partial charge in [-0.3, -0.25) is 10.1 Å². The zero-order chi connectivity index (χ0) is 13.8. The van der Waals surface area contributed by atoms with E-state index < -0.39 is 4.92 Å². The molecule has 2 aromatic rings. The van der Waals surface area contributed by atoms with Gasteiger partial charge in [0.15, 0.2) is 5.75 Å². The summed E-state index contributed by atoms with van der Waals surface area (Å²) in [6.45, 7) is 0.122. The third-order valence-electron chi connectivity index (χ3n) is 2.44. The van der Waals surface area contributed by atoms with E-state index in [1.165, 1.54) is 6.07 Å². The number of rotatable bonds is 4. The molecule has 0 saturated carbocycles. The topological polar surface area (TPSA) is 72.6 Å². The lowest BCUT2D eigenvalue weighted by Crippen LogP contribution is -1.99. The number of nitrogens with zero attached hydrogens (tertiary/aromatic N) is 1. The van der Waals surface area contributed by atoms with Gasteiger partial charge >= 0.3 is 5.69 Å². The van der Waals surface area contributed by atoms with Gasteiger partial charge < -0.3 is 9.84 Å². The van der Waals surface area contributed by atoms with Crippen molar-refractivity contribution in [2.45, 2.75) is 6.61 Å². The number of hydrogen-bond acceptors (Lipinski definition) is 4. The van der Waals surface area contributed by atoms with Crippen LogP contribution in [0, 0.1) is 10.1 Å². The second-order valence-electron chi connectivity index (χ2n) is 3.80. The van der Waals surface area contributed by atoms with Crippen LogP contribution in [0.3, 0.4) is 0 Å². The van der Waals surface area contributed by atoms with E-state index in [9.17, 15) is 15.2 Å². The van der Waals surface area contributed by atoms with E-state index in [0.29, 0.717) is 0 Å². The van der Waals surface area contributed by atoms with Crippen molar-refractivity contribution in [1.82, 2.24) is 0 Å². The molecule has 0 saturated heterocycles. The molecule has 0 aromatic heterocycles. The van der Waals surface area contributed by atoms with Crippen LogP contribution in [0.4, 0.5) is 5.69 Å². The molecule has 6 heteroatoms. The van der Waals surface area contributed by atoms with E-state index >= 15 is 0 Å². The van der Waals surface area contributed by atoms with Crippen molar-refractivity contribution in [1.29, 1.82) is 0 Å². The quantitative estimate of drug-likeness (QED) is 0.686. The minimum atomic E-state index is -0.647. The van der Waals surface area contributed by atoms with Crippen LogP contribution in [0.1, 0.15) is 5.56 Å². The summed E-state index contributed by atoms with van der Waals surface area (Å²) < 4.78 is 5.32. The highest BCUT2D eigenvalue weighted by atomic mass is 35.5. The van der Waals surface area contributed by atoms with Crippen LogP contribution >= 0.6 is 11.6 Å². The summed E-state index contributed by atoms with van der Waals surface area (Å²) in [5.41, 5.74) is 0.479. The summed E-state index contributed by atoms with van der Waals surface area (Å²) in [5.74, 6) is -0.534. The number of halogens is 1. The molecular weight excluding hydrogens is 270 g/mol. The van der Waals surface area contributed by atoms with Gasteiger partial charge in [-0.1, -0.05) is 41.9 Å². The van der Waals surface area contributed by atoms with Crippen LogP contribution in [0.15, 0.2) is 42.5 Å². The summed E-state index contributed by atoms with van der Waals surface area (Å²) >= 11 is 5.66. The Bertz CT molecular complexity index is 601. The zero-order valence-electron chi connectivity index (χ0n) is 9.75. The van der Waals surface area contributed by atoms with Crippen molar-refractivity contribution in [3.63, 3.8) is 0 Å². The zero-order valence-corrected chi connectivity index (χ0v) is 10.5. The Kier molecular flexibility index (Phi) is 3.87. The van der Waals surface area contributed by atoms with Crippen LogP contribution in [0.5, 0.6) is 11.5 Å². The van der Waals surface area contributed by atoms with Crippen molar-refractivity contribution in [2.24, 2.45) is 0 Å². The molecule has 0 spiro atoms. The van der Waals surface area contributed by atoms with Gasteiger partial charge in [-0.25, -0.2) is 0 Å². The fraction of sp³-hybridized carbons (Fsp3) is 0.0769. The number of benzene rings is 2. The van der Waals surface area contributed by atoms with Crippen molar-refractivity contribution >= 4 is 17.3 Å². The maximum absolute atomic E-state index is 10.9. The average Bonchev–Trinajstić information content (AvgIpc) is 2.38. The number of nitro groups is 1. The van der Waals surface area contributed by atoms with Crippen LogP contribution in [-0.2, 0) is 6.61 Å². The van der Waals surface area contributed by atoms with Crippen LogP contribution in [-0.4, -0.2) is 10.0 Å². The molecule has 98 valence electrons. The number of aromatic hydroxyl groups is 1. The van der Waals surface area contributed by atoms with Crippen molar-refractivity contribution in [2.75, 3.05) is 0 Å². The van der Waals surface area contributed by atoms with E-state index in [1.807, 2.05) is 30.3 Å². The highest BCUT2D eigenvalue weighted by molar-refractivity contribution is 6.31. The first-order chi connectivity index (χ1) is 9.08. The Hall–Kier alpha value is -2.27. The maximum Gasteiger partial charge on any atom is 0.316 e. The maximum atomic E-state index is 10.9. The molecule has 0 radical (unpaired) electrons. The average molecular weight is 280 g/mol. The summed E-state index contributed by atoms with van der Waals surface area (Å²) in [5, 5.41) is 20.7. The predicted molar refractivity (Wildman–Crippen MR) is 70.5 cm³/mol. The molecule has 5 nitrogen and oxygen atoms in total. The number of ether oxygens (including phenoxy) is 1. The lowest BCUT2D eigenvalue weighted by molar-refractivity contribution is -0.386. The van der Waals surface area contributed by atoms with Gasteiger partial charge in [0, 0.05) is 12.1 Å². The molecule has 2 aromatic carbocycles. The molecule has 19 heavy (non-hydrogen) atoms. The molecule has 0 aliphatic heterocycles. The molecule has 0 bridgehead atoms. The fourth-order valence-electron chi connectivity index (χ4n) is 1.58.